The number of sulfone groups is 1. The number of carbonyl (C=O) groups excluding carboxylic acids is 1. The number of benzene rings is 1. The van der Waals surface area contributed by atoms with E-state index < -0.39 is 9.84 Å². The molecule has 0 aliphatic rings. The Morgan fingerprint density at radius 3 is 2.48 bits per heavy atom. The average Bonchev–Trinajstić information content (AvgIpc) is 2.35. The smallest absolute Gasteiger partial charge is 0.251 e. The molecule has 1 atom stereocenters. The molecule has 0 aliphatic heterocycles. The van der Waals surface area contributed by atoms with Gasteiger partial charge in [0.1, 0.15) is 0 Å². The molecule has 21 heavy (non-hydrogen) atoms. The molecule has 0 fully saturated rings. The molecule has 0 radical (unpaired) electrons. The van der Waals surface area contributed by atoms with Crippen LogP contribution in [0.1, 0.15) is 29.8 Å². The van der Waals surface area contributed by atoms with Crippen molar-refractivity contribution in [3.05, 3.63) is 29.3 Å². The first-order valence-corrected chi connectivity index (χ1v) is 8.47. The maximum absolute atomic E-state index is 12.0. The van der Waals surface area contributed by atoms with Crippen LogP contribution in [0, 0.1) is 6.92 Å². The molecular formula is C14H23ClN2O3S. The summed E-state index contributed by atoms with van der Waals surface area (Å²) in [4.78, 5) is 12.2. The van der Waals surface area contributed by atoms with Gasteiger partial charge in [0.2, 0.25) is 0 Å². The number of aryl methyl sites for hydroxylation is 1. The fourth-order valence-electron chi connectivity index (χ4n) is 1.91. The highest BCUT2D eigenvalue weighted by Gasteiger charge is 2.14. The van der Waals surface area contributed by atoms with Gasteiger partial charge in [-0.3, -0.25) is 4.79 Å². The van der Waals surface area contributed by atoms with Gasteiger partial charge in [-0.1, -0.05) is 13.0 Å². The van der Waals surface area contributed by atoms with Gasteiger partial charge in [0.15, 0.2) is 9.84 Å². The first kappa shape index (κ1) is 19.9. The summed E-state index contributed by atoms with van der Waals surface area (Å²) in [5.41, 5.74) is 1.00. The standard InChI is InChI=1S/C14H22N2O3S.ClH/c1-5-15-11(3)9-16-14(17)12-7-6-10(2)13(8-12)20(4,18)19;/h6-8,11,15H,5,9H2,1-4H3,(H,16,17);1H/t11-;/m1./s1. The number of hydrogen-bond acceptors (Lipinski definition) is 4. The van der Waals surface area contributed by atoms with Crippen molar-refractivity contribution in [2.45, 2.75) is 31.7 Å². The number of carbonyl (C=O) groups is 1. The summed E-state index contributed by atoms with van der Waals surface area (Å²) in [6.07, 6.45) is 1.14. The number of hydrogen-bond donors (Lipinski definition) is 2. The SMILES string of the molecule is CCN[C@H](C)CNC(=O)c1ccc(C)c(S(C)(=O)=O)c1.Cl. The lowest BCUT2D eigenvalue weighted by molar-refractivity contribution is 0.0950. The second-order valence-electron chi connectivity index (χ2n) is 4.92. The number of amides is 1. The van der Waals surface area contributed by atoms with E-state index >= 15 is 0 Å². The first-order valence-electron chi connectivity index (χ1n) is 6.58. The molecule has 7 heteroatoms. The molecule has 5 nitrogen and oxygen atoms in total. The quantitative estimate of drug-likeness (QED) is 0.827. The predicted octanol–water partition coefficient (Wildman–Crippen LogP) is 1.55. The molecule has 1 amide bonds. The summed E-state index contributed by atoms with van der Waals surface area (Å²) in [7, 11) is -3.32. The molecule has 0 saturated carbocycles. The fraction of sp³-hybridized carbons (Fsp3) is 0.500. The second kappa shape index (κ2) is 8.36. The molecule has 0 spiro atoms. The Kier molecular flexibility index (Phi) is 7.92. The topological polar surface area (TPSA) is 75.3 Å². The van der Waals surface area contributed by atoms with E-state index in [2.05, 4.69) is 10.6 Å². The third-order valence-electron chi connectivity index (χ3n) is 2.97. The lowest BCUT2D eigenvalue weighted by Crippen LogP contribution is -2.38. The number of nitrogens with one attached hydrogen (secondary N) is 2. The number of rotatable bonds is 6. The van der Waals surface area contributed by atoms with E-state index in [-0.39, 0.29) is 29.3 Å². The van der Waals surface area contributed by atoms with Crippen LogP contribution in [-0.2, 0) is 9.84 Å². The van der Waals surface area contributed by atoms with Gasteiger partial charge in [-0.05, 0) is 38.1 Å². The van der Waals surface area contributed by atoms with Crippen LogP contribution in [0.15, 0.2) is 23.1 Å². The minimum atomic E-state index is -3.32. The monoisotopic (exact) mass is 334 g/mol. The van der Waals surface area contributed by atoms with E-state index in [0.717, 1.165) is 12.8 Å². The number of halogens is 1. The Balaban J connectivity index is 0.00000400. The fourth-order valence-corrected chi connectivity index (χ4v) is 2.90. The summed E-state index contributed by atoms with van der Waals surface area (Å²) in [6, 6.07) is 4.89. The number of likely N-dealkylation sites (N-methyl/N-ethyl adjacent to an activating group) is 1. The molecule has 0 unspecified atom stereocenters. The highest BCUT2D eigenvalue weighted by atomic mass is 35.5. The van der Waals surface area contributed by atoms with Crippen LogP contribution in [0.5, 0.6) is 0 Å². The minimum Gasteiger partial charge on any atom is -0.350 e. The van der Waals surface area contributed by atoms with Crippen molar-refractivity contribution in [2.75, 3.05) is 19.3 Å². The first-order chi connectivity index (χ1) is 9.25. The van der Waals surface area contributed by atoms with Crippen LogP contribution in [0.25, 0.3) is 0 Å². The zero-order valence-corrected chi connectivity index (χ0v) is 14.4. The van der Waals surface area contributed by atoms with Gasteiger partial charge < -0.3 is 10.6 Å². The Labute approximate surface area is 132 Å². The molecule has 1 aromatic rings. The van der Waals surface area contributed by atoms with E-state index in [9.17, 15) is 13.2 Å². The van der Waals surface area contributed by atoms with Crippen LogP contribution in [0.4, 0.5) is 0 Å². The summed E-state index contributed by atoms with van der Waals surface area (Å²) in [5.74, 6) is -0.264. The average molecular weight is 335 g/mol. The molecule has 1 rings (SSSR count). The molecule has 0 heterocycles. The van der Waals surface area contributed by atoms with Crippen LogP contribution in [0.3, 0.4) is 0 Å². The molecule has 2 N–H and O–H groups in total. The summed E-state index contributed by atoms with van der Waals surface area (Å²) >= 11 is 0. The van der Waals surface area contributed by atoms with Gasteiger partial charge in [0, 0.05) is 24.4 Å². The zero-order valence-electron chi connectivity index (χ0n) is 12.8. The Morgan fingerprint density at radius 1 is 1.33 bits per heavy atom. The Morgan fingerprint density at radius 2 is 1.95 bits per heavy atom. The van der Waals surface area contributed by atoms with Crippen LogP contribution in [-0.4, -0.2) is 39.7 Å². The lowest BCUT2D eigenvalue weighted by Gasteiger charge is -2.13. The highest BCUT2D eigenvalue weighted by Crippen LogP contribution is 2.16. The third kappa shape index (κ3) is 6.03. The van der Waals surface area contributed by atoms with Crippen LogP contribution in [0.2, 0.25) is 0 Å². The van der Waals surface area contributed by atoms with Gasteiger partial charge >= 0.3 is 0 Å². The largest absolute Gasteiger partial charge is 0.350 e. The van der Waals surface area contributed by atoms with Crippen molar-refractivity contribution < 1.29 is 13.2 Å². The lowest BCUT2D eigenvalue weighted by atomic mass is 10.1. The van der Waals surface area contributed by atoms with E-state index in [1.54, 1.807) is 19.1 Å². The summed E-state index contributed by atoms with van der Waals surface area (Å²) in [6.45, 7) is 7.01. The summed E-state index contributed by atoms with van der Waals surface area (Å²) < 4.78 is 23.3. The minimum absolute atomic E-state index is 0. The van der Waals surface area contributed by atoms with Gasteiger partial charge in [-0.15, -0.1) is 12.4 Å². The second-order valence-corrected chi connectivity index (χ2v) is 6.91. The zero-order chi connectivity index (χ0) is 15.3. The van der Waals surface area contributed by atoms with Crippen molar-refractivity contribution in [3.8, 4) is 0 Å². The van der Waals surface area contributed by atoms with Crippen molar-refractivity contribution >= 4 is 28.2 Å². The molecule has 0 aliphatic carbocycles. The van der Waals surface area contributed by atoms with Gasteiger partial charge in [-0.25, -0.2) is 8.42 Å². The molecular weight excluding hydrogens is 312 g/mol. The van der Waals surface area contributed by atoms with Crippen molar-refractivity contribution in [1.29, 1.82) is 0 Å². The molecule has 1 aromatic carbocycles. The van der Waals surface area contributed by atoms with Gasteiger partial charge in [0.25, 0.3) is 5.91 Å². The summed E-state index contributed by atoms with van der Waals surface area (Å²) in [5, 5.41) is 5.97. The molecule has 0 bridgehead atoms. The highest BCUT2D eigenvalue weighted by molar-refractivity contribution is 7.90. The van der Waals surface area contributed by atoms with E-state index in [4.69, 9.17) is 0 Å². The van der Waals surface area contributed by atoms with Gasteiger partial charge in [0.05, 0.1) is 4.90 Å². The normalized spacial score (nSPS) is 12.4. The Hall–Kier alpha value is -1.11. The van der Waals surface area contributed by atoms with E-state index in [1.807, 2.05) is 13.8 Å². The van der Waals surface area contributed by atoms with Crippen LogP contribution >= 0.6 is 12.4 Å². The van der Waals surface area contributed by atoms with Crippen molar-refractivity contribution in [3.63, 3.8) is 0 Å². The molecule has 0 aromatic heterocycles. The van der Waals surface area contributed by atoms with Crippen LogP contribution < -0.4 is 10.6 Å². The van der Waals surface area contributed by atoms with Crippen molar-refractivity contribution in [2.24, 2.45) is 0 Å². The maximum atomic E-state index is 12.0. The predicted molar refractivity (Wildman–Crippen MR) is 87.0 cm³/mol. The third-order valence-corrected chi connectivity index (χ3v) is 4.21. The van der Waals surface area contributed by atoms with E-state index in [0.29, 0.717) is 17.7 Å². The van der Waals surface area contributed by atoms with E-state index in [1.165, 1.54) is 6.07 Å². The molecule has 0 saturated heterocycles. The Bertz CT molecular complexity index is 588. The maximum Gasteiger partial charge on any atom is 0.251 e. The van der Waals surface area contributed by atoms with Crippen molar-refractivity contribution in [1.82, 2.24) is 10.6 Å². The molecule has 120 valence electrons. The van der Waals surface area contributed by atoms with Gasteiger partial charge in [-0.2, -0.15) is 0 Å².